The molecule has 1 spiro atoms. The molecule has 0 aromatic heterocycles. The van der Waals surface area contributed by atoms with Gasteiger partial charge in [-0.2, -0.15) is 0 Å². The lowest BCUT2D eigenvalue weighted by atomic mass is 9.68. The van der Waals surface area contributed by atoms with Crippen molar-refractivity contribution in [2.45, 2.75) is 64.5 Å². The third kappa shape index (κ3) is 2.58. The second-order valence-corrected chi connectivity index (χ2v) is 7.30. The van der Waals surface area contributed by atoms with Crippen LogP contribution < -0.4 is 10.1 Å². The van der Waals surface area contributed by atoms with Crippen molar-refractivity contribution in [2.75, 3.05) is 6.54 Å². The zero-order valence-electron chi connectivity index (χ0n) is 13.0. The van der Waals surface area contributed by atoms with Crippen LogP contribution in [0.4, 0.5) is 0 Å². The van der Waals surface area contributed by atoms with Gasteiger partial charge in [0.15, 0.2) is 0 Å². The Bertz CT molecular complexity index is 470. The van der Waals surface area contributed by atoms with Crippen LogP contribution in [0.3, 0.4) is 0 Å². The first-order valence-electron chi connectivity index (χ1n) is 8.05. The average molecular weight is 273 g/mol. The Morgan fingerprint density at radius 3 is 2.55 bits per heavy atom. The first-order valence-corrected chi connectivity index (χ1v) is 8.05. The zero-order valence-corrected chi connectivity index (χ0v) is 13.0. The van der Waals surface area contributed by atoms with Crippen molar-refractivity contribution in [3.05, 3.63) is 29.8 Å². The molecule has 1 aromatic carbocycles. The Hall–Kier alpha value is -1.02. The Balaban J connectivity index is 1.86. The van der Waals surface area contributed by atoms with E-state index < -0.39 is 0 Å². The Morgan fingerprint density at radius 1 is 1.15 bits per heavy atom. The molecule has 20 heavy (non-hydrogen) atoms. The van der Waals surface area contributed by atoms with Crippen molar-refractivity contribution >= 4 is 0 Å². The van der Waals surface area contributed by atoms with Crippen LogP contribution in [0.5, 0.6) is 5.75 Å². The fraction of sp³-hybridized carbons (Fsp3) is 0.667. The summed E-state index contributed by atoms with van der Waals surface area (Å²) < 4.78 is 6.49. The third-order valence-electron chi connectivity index (χ3n) is 5.16. The highest BCUT2D eigenvalue weighted by atomic mass is 16.5. The van der Waals surface area contributed by atoms with Gasteiger partial charge in [0.05, 0.1) is 0 Å². The minimum Gasteiger partial charge on any atom is -0.487 e. The molecular weight excluding hydrogens is 246 g/mol. The molecule has 1 N–H and O–H groups in total. The Kier molecular flexibility index (Phi) is 3.53. The van der Waals surface area contributed by atoms with Gasteiger partial charge in [-0.1, -0.05) is 39.0 Å². The molecule has 0 amide bonds. The smallest absolute Gasteiger partial charge is 0.124 e. The summed E-state index contributed by atoms with van der Waals surface area (Å²) in [7, 11) is 0. The number of rotatable bonds is 2. The van der Waals surface area contributed by atoms with Gasteiger partial charge in [0.2, 0.25) is 0 Å². The predicted molar refractivity (Wildman–Crippen MR) is 83.1 cm³/mol. The van der Waals surface area contributed by atoms with E-state index in [9.17, 15) is 0 Å². The summed E-state index contributed by atoms with van der Waals surface area (Å²) in [5, 5.41) is 3.65. The monoisotopic (exact) mass is 273 g/mol. The molecule has 0 radical (unpaired) electrons. The van der Waals surface area contributed by atoms with Gasteiger partial charge in [-0.3, -0.25) is 0 Å². The third-order valence-corrected chi connectivity index (χ3v) is 5.16. The largest absolute Gasteiger partial charge is 0.487 e. The average Bonchev–Trinajstić information content (AvgIpc) is 2.43. The van der Waals surface area contributed by atoms with Gasteiger partial charge in [0.25, 0.3) is 0 Å². The van der Waals surface area contributed by atoms with Crippen molar-refractivity contribution in [2.24, 2.45) is 5.41 Å². The van der Waals surface area contributed by atoms with Crippen molar-refractivity contribution in [1.82, 2.24) is 5.32 Å². The van der Waals surface area contributed by atoms with Crippen molar-refractivity contribution in [3.63, 3.8) is 0 Å². The minimum absolute atomic E-state index is 0.0662. The molecule has 2 heteroatoms. The van der Waals surface area contributed by atoms with Crippen LogP contribution in [0.1, 0.15) is 64.5 Å². The summed E-state index contributed by atoms with van der Waals surface area (Å²) in [5.74, 6) is 1.10. The van der Waals surface area contributed by atoms with Crippen molar-refractivity contribution in [3.8, 4) is 5.75 Å². The maximum atomic E-state index is 6.49. The fourth-order valence-corrected chi connectivity index (χ4v) is 3.74. The quantitative estimate of drug-likeness (QED) is 0.859. The van der Waals surface area contributed by atoms with Crippen LogP contribution in [-0.4, -0.2) is 12.1 Å². The lowest BCUT2D eigenvalue weighted by Gasteiger charge is -2.48. The first kappa shape index (κ1) is 13.9. The molecule has 1 aliphatic carbocycles. The highest BCUT2D eigenvalue weighted by molar-refractivity contribution is 5.39. The number of nitrogens with one attached hydrogen (secondary N) is 1. The lowest BCUT2D eigenvalue weighted by Crippen LogP contribution is -2.47. The van der Waals surface area contributed by atoms with Gasteiger partial charge < -0.3 is 10.1 Å². The summed E-state index contributed by atoms with van der Waals surface area (Å²) in [5.41, 5.74) is 1.89. The van der Waals surface area contributed by atoms with E-state index in [1.807, 2.05) is 0 Å². The SMILES string of the molecule is CCNC1CC2(CCC(C)(C)CC2)Oc2ccccc21. The fourth-order valence-electron chi connectivity index (χ4n) is 3.74. The number of para-hydroxylation sites is 1. The van der Waals surface area contributed by atoms with E-state index in [1.165, 1.54) is 31.2 Å². The van der Waals surface area contributed by atoms with Crippen LogP contribution in [0, 0.1) is 5.41 Å². The minimum atomic E-state index is 0.0662. The standard InChI is InChI=1S/C18H27NO/c1-4-19-15-13-18(11-9-17(2,3)10-12-18)20-16-8-6-5-7-14(15)16/h5-8,15,19H,4,9-13H2,1-3H3. The molecule has 2 aliphatic rings. The molecule has 1 saturated carbocycles. The zero-order chi connectivity index (χ0) is 14.2. The number of benzene rings is 1. The van der Waals surface area contributed by atoms with Gasteiger partial charge in [-0.25, -0.2) is 0 Å². The van der Waals surface area contributed by atoms with E-state index in [2.05, 4.69) is 50.4 Å². The van der Waals surface area contributed by atoms with Crippen LogP contribution in [0.15, 0.2) is 24.3 Å². The van der Waals surface area contributed by atoms with Crippen LogP contribution >= 0.6 is 0 Å². The molecule has 1 fully saturated rings. The highest BCUT2D eigenvalue weighted by Crippen LogP contribution is 2.49. The molecule has 1 atom stereocenters. The Labute approximate surface area is 122 Å². The molecular formula is C18H27NO. The second kappa shape index (κ2) is 5.07. The second-order valence-electron chi connectivity index (χ2n) is 7.30. The van der Waals surface area contributed by atoms with E-state index >= 15 is 0 Å². The first-order chi connectivity index (χ1) is 9.54. The van der Waals surface area contributed by atoms with Gasteiger partial charge in [-0.15, -0.1) is 0 Å². The number of ether oxygens (including phenoxy) is 1. The molecule has 0 bridgehead atoms. The lowest BCUT2D eigenvalue weighted by molar-refractivity contribution is -0.0294. The molecule has 0 saturated heterocycles. The number of hydrogen-bond acceptors (Lipinski definition) is 2. The summed E-state index contributed by atoms with van der Waals surface area (Å²) in [6.07, 6.45) is 6.04. The normalized spacial score (nSPS) is 26.9. The summed E-state index contributed by atoms with van der Waals surface area (Å²) in [6.45, 7) is 7.98. The number of hydrogen-bond donors (Lipinski definition) is 1. The van der Waals surface area contributed by atoms with E-state index in [-0.39, 0.29) is 5.60 Å². The molecule has 110 valence electrons. The van der Waals surface area contributed by atoms with Gasteiger partial charge in [-0.05, 0) is 43.7 Å². The van der Waals surface area contributed by atoms with E-state index in [0.29, 0.717) is 11.5 Å². The molecule has 2 nitrogen and oxygen atoms in total. The van der Waals surface area contributed by atoms with Gasteiger partial charge in [0.1, 0.15) is 11.4 Å². The topological polar surface area (TPSA) is 21.3 Å². The van der Waals surface area contributed by atoms with E-state index in [1.54, 1.807) is 0 Å². The van der Waals surface area contributed by atoms with E-state index in [0.717, 1.165) is 18.7 Å². The molecule has 1 unspecified atom stereocenters. The van der Waals surface area contributed by atoms with Crippen molar-refractivity contribution in [1.29, 1.82) is 0 Å². The Morgan fingerprint density at radius 2 is 1.85 bits per heavy atom. The van der Waals surface area contributed by atoms with E-state index in [4.69, 9.17) is 4.74 Å². The van der Waals surface area contributed by atoms with Gasteiger partial charge in [0, 0.05) is 18.0 Å². The van der Waals surface area contributed by atoms with Crippen LogP contribution in [0.25, 0.3) is 0 Å². The summed E-state index contributed by atoms with van der Waals surface area (Å²) in [4.78, 5) is 0. The molecule has 3 rings (SSSR count). The summed E-state index contributed by atoms with van der Waals surface area (Å²) in [6, 6.07) is 9.01. The molecule has 1 aromatic rings. The maximum absolute atomic E-state index is 6.49. The summed E-state index contributed by atoms with van der Waals surface area (Å²) >= 11 is 0. The van der Waals surface area contributed by atoms with Crippen LogP contribution in [-0.2, 0) is 0 Å². The molecule has 1 heterocycles. The predicted octanol–water partition coefficient (Wildman–Crippen LogP) is 4.46. The maximum Gasteiger partial charge on any atom is 0.124 e. The van der Waals surface area contributed by atoms with Crippen LogP contribution in [0.2, 0.25) is 0 Å². The number of fused-ring (bicyclic) bond motifs is 1. The highest BCUT2D eigenvalue weighted by Gasteiger charge is 2.44. The van der Waals surface area contributed by atoms with Gasteiger partial charge >= 0.3 is 0 Å². The van der Waals surface area contributed by atoms with Crippen molar-refractivity contribution < 1.29 is 4.74 Å². The molecule has 1 aliphatic heterocycles.